The smallest absolute Gasteiger partial charge is 0.287 e. The van der Waals surface area contributed by atoms with Crippen LogP contribution in [0.5, 0.6) is 11.5 Å². The van der Waals surface area contributed by atoms with Gasteiger partial charge >= 0.3 is 0 Å². The number of carbonyl (C=O) groups is 1. The number of para-hydroxylation sites is 1. The molecule has 1 N–H and O–H groups in total. The molecule has 0 atom stereocenters. The van der Waals surface area contributed by atoms with Crippen LogP contribution in [0.25, 0.3) is 11.0 Å². The molecule has 2 heterocycles. The molecule has 1 saturated heterocycles. The molecule has 0 bridgehead atoms. The van der Waals surface area contributed by atoms with Gasteiger partial charge in [0.15, 0.2) is 17.3 Å². The van der Waals surface area contributed by atoms with Crippen molar-refractivity contribution in [1.82, 2.24) is 5.32 Å². The van der Waals surface area contributed by atoms with Gasteiger partial charge in [-0.1, -0.05) is 24.3 Å². The second-order valence-corrected chi connectivity index (χ2v) is 7.29. The molecule has 0 saturated carbocycles. The molecule has 3 aromatic rings. The quantitative estimate of drug-likeness (QED) is 0.685. The Bertz CT molecular complexity index is 970. The summed E-state index contributed by atoms with van der Waals surface area (Å²) in [5, 5.41) is 3.99. The van der Waals surface area contributed by atoms with E-state index in [0.717, 1.165) is 23.8 Å². The first-order chi connectivity index (χ1) is 14.1. The van der Waals surface area contributed by atoms with E-state index in [9.17, 15) is 4.79 Å². The van der Waals surface area contributed by atoms with Crippen LogP contribution >= 0.6 is 0 Å². The molecule has 1 amide bonds. The van der Waals surface area contributed by atoms with Gasteiger partial charge in [0.05, 0.1) is 14.2 Å². The largest absolute Gasteiger partial charge is 0.493 e. The van der Waals surface area contributed by atoms with Gasteiger partial charge < -0.3 is 23.9 Å². The molecule has 1 aliphatic rings. The molecule has 6 nitrogen and oxygen atoms in total. The van der Waals surface area contributed by atoms with Crippen molar-refractivity contribution >= 4 is 16.9 Å². The first-order valence-corrected chi connectivity index (χ1v) is 9.72. The van der Waals surface area contributed by atoms with E-state index in [-0.39, 0.29) is 11.3 Å². The highest BCUT2D eigenvalue weighted by atomic mass is 16.5. The van der Waals surface area contributed by atoms with Gasteiger partial charge in [0.2, 0.25) is 0 Å². The number of ether oxygens (including phenoxy) is 3. The summed E-state index contributed by atoms with van der Waals surface area (Å²) in [5.74, 6) is 1.47. The average Bonchev–Trinajstić information content (AvgIpc) is 3.22. The summed E-state index contributed by atoms with van der Waals surface area (Å²) in [6, 6.07) is 15.3. The summed E-state index contributed by atoms with van der Waals surface area (Å²) in [7, 11) is 3.25. The molecule has 29 heavy (non-hydrogen) atoms. The zero-order valence-electron chi connectivity index (χ0n) is 16.7. The Morgan fingerprint density at radius 1 is 1.03 bits per heavy atom. The summed E-state index contributed by atoms with van der Waals surface area (Å²) in [6.07, 6.45) is 1.62. The zero-order valence-corrected chi connectivity index (χ0v) is 16.7. The third kappa shape index (κ3) is 3.80. The minimum atomic E-state index is -0.237. The maximum absolute atomic E-state index is 12.8. The van der Waals surface area contributed by atoms with Crippen LogP contribution in [0.1, 0.15) is 29.0 Å². The third-order valence-electron chi connectivity index (χ3n) is 5.68. The summed E-state index contributed by atoms with van der Waals surface area (Å²) >= 11 is 0. The molecule has 1 aromatic heterocycles. The van der Waals surface area contributed by atoms with Gasteiger partial charge in [-0.05, 0) is 42.7 Å². The molecule has 4 rings (SSSR count). The van der Waals surface area contributed by atoms with Crippen molar-refractivity contribution in [2.45, 2.75) is 18.3 Å². The molecule has 0 radical (unpaired) electrons. The summed E-state index contributed by atoms with van der Waals surface area (Å²) < 4.78 is 22.1. The third-order valence-corrected chi connectivity index (χ3v) is 5.68. The number of methoxy groups -OCH3 is 2. The van der Waals surface area contributed by atoms with E-state index >= 15 is 0 Å². The number of benzene rings is 2. The zero-order chi connectivity index (χ0) is 20.3. The normalized spacial score (nSPS) is 15.8. The first kappa shape index (κ1) is 19.3. The van der Waals surface area contributed by atoms with E-state index in [0.29, 0.717) is 42.6 Å². The maximum atomic E-state index is 12.8. The Kier molecular flexibility index (Phi) is 5.45. The van der Waals surface area contributed by atoms with E-state index in [1.165, 1.54) is 0 Å². The van der Waals surface area contributed by atoms with Crippen molar-refractivity contribution in [1.29, 1.82) is 0 Å². The maximum Gasteiger partial charge on any atom is 0.287 e. The lowest BCUT2D eigenvalue weighted by Gasteiger charge is -2.38. The summed E-state index contributed by atoms with van der Waals surface area (Å²) in [4.78, 5) is 12.8. The number of fused-ring (bicyclic) bond motifs is 1. The second kappa shape index (κ2) is 8.17. The van der Waals surface area contributed by atoms with Gasteiger partial charge in [-0.2, -0.15) is 0 Å². The molecule has 0 unspecified atom stereocenters. The fraction of sp³-hybridized carbons (Fsp3) is 0.348. The standard InChI is InChI=1S/C23H25NO5/c1-26-19-8-7-17(14-20(19)27-2)23(9-11-28-12-10-23)15-24-22(25)21-13-16-5-3-4-6-18(16)29-21/h3-8,13-14H,9-12,15H2,1-2H3,(H,24,25). The van der Waals surface area contributed by atoms with Crippen molar-refractivity contribution in [2.24, 2.45) is 0 Å². The lowest BCUT2D eigenvalue weighted by Crippen LogP contribution is -2.44. The second-order valence-electron chi connectivity index (χ2n) is 7.29. The predicted molar refractivity (Wildman–Crippen MR) is 110 cm³/mol. The highest BCUT2D eigenvalue weighted by Crippen LogP contribution is 2.39. The van der Waals surface area contributed by atoms with Gasteiger partial charge in [-0.3, -0.25) is 4.79 Å². The first-order valence-electron chi connectivity index (χ1n) is 9.72. The summed E-state index contributed by atoms with van der Waals surface area (Å²) in [6.45, 7) is 1.78. The molecule has 0 aliphatic carbocycles. The number of amides is 1. The Morgan fingerprint density at radius 3 is 2.52 bits per heavy atom. The van der Waals surface area contributed by atoms with Crippen LogP contribution in [0.15, 0.2) is 52.9 Å². The fourth-order valence-corrected chi connectivity index (χ4v) is 3.93. The van der Waals surface area contributed by atoms with Crippen molar-refractivity contribution in [2.75, 3.05) is 34.0 Å². The summed E-state index contributed by atoms with van der Waals surface area (Å²) in [5.41, 5.74) is 1.57. The van der Waals surface area contributed by atoms with E-state index in [1.807, 2.05) is 42.5 Å². The van der Waals surface area contributed by atoms with Gasteiger partial charge in [0.1, 0.15) is 5.58 Å². The van der Waals surface area contributed by atoms with E-state index < -0.39 is 0 Å². The molecule has 0 spiro atoms. The van der Waals surface area contributed by atoms with Gasteiger partial charge in [-0.15, -0.1) is 0 Å². The molecular weight excluding hydrogens is 370 g/mol. The molecule has 1 fully saturated rings. The molecule has 2 aromatic carbocycles. The molecular formula is C23H25NO5. The van der Waals surface area contributed by atoms with Crippen LogP contribution in [-0.4, -0.2) is 39.9 Å². The van der Waals surface area contributed by atoms with E-state index in [2.05, 4.69) is 5.32 Å². The minimum Gasteiger partial charge on any atom is -0.493 e. The Balaban J connectivity index is 1.57. The van der Waals surface area contributed by atoms with Crippen molar-refractivity contribution in [3.63, 3.8) is 0 Å². The lowest BCUT2D eigenvalue weighted by molar-refractivity contribution is 0.0484. The van der Waals surface area contributed by atoms with Crippen molar-refractivity contribution in [3.8, 4) is 11.5 Å². The monoisotopic (exact) mass is 395 g/mol. The Hall–Kier alpha value is -2.99. The Morgan fingerprint density at radius 2 is 1.79 bits per heavy atom. The number of carbonyl (C=O) groups excluding carboxylic acids is 1. The molecule has 6 heteroatoms. The number of hydrogen-bond acceptors (Lipinski definition) is 5. The molecule has 1 aliphatic heterocycles. The van der Waals surface area contributed by atoms with E-state index in [1.54, 1.807) is 20.3 Å². The average molecular weight is 395 g/mol. The van der Waals surface area contributed by atoms with E-state index in [4.69, 9.17) is 18.6 Å². The number of rotatable bonds is 6. The van der Waals surface area contributed by atoms with Gasteiger partial charge in [0, 0.05) is 30.6 Å². The van der Waals surface area contributed by atoms with Crippen molar-refractivity contribution < 1.29 is 23.4 Å². The highest BCUT2D eigenvalue weighted by molar-refractivity contribution is 5.96. The van der Waals surface area contributed by atoms with Crippen LogP contribution in [0.3, 0.4) is 0 Å². The van der Waals surface area contributed by atoms with Crippen LogP contribution in [0.2, 0.25) is 0 Å². The number of hydrogen-bond donors (Lipinski definition) is 1. The van der Waals surface area contributed by atoms with Gasteiger partial charge in [0.25, 0.3) is 5.91 Å². The van der Waals surface area contributed by atoms with Crippen LogP contribution in [0.4, 0.5) is 0 Å². The number of furan rings is 1. The van der Waals surface area contributed by atoms with Crippen LogP contribution in [-0.2, 0) is 10.2 Å². The van der Waals surface area contributed by atoms with Gasteiger partial charge in [-0.25, -0.2) is 0 Å². The van der Waals surface area contributed by atoms with Crippen LogP contribution in [0, 0.1) is 0 Å². The topological polar surface area (TPSA) is 69.9 Å². The van der Waals surface area contributed by atoms with Crippen LogP contribution < -0.4 is 14.8 Å². The Labute approximate surface area is 169 Å². The minimum absolute atomic E-state index is 0.215. The predicted octanol–water partition coefficient (Wildman–Crippen LogP) is 3.93. The fourth-order valence-electron chi connectivity index (χ4n) is 3.93. The van der Waals surface area contributed by atoms with Crippen molar-refractivity contribution in [3.05, 3.63) is 59.9 Å². The highest BCUT2D eigenvalue weighted by Gasteiger charge is 2.36. The lowest BCUT2D eigenvalue weighted by atomic mass is 9.74. The number of nitrogens with one attached hydrogen (secondary N) is 1. The SMILES string of the molecule is COc1ccc(C2(CNC(=O)c3cc4ccccc4o3)CCOCC2)cc1OC. The molecule has 152 valence electrons.